The summed E-state index contributed by atoms with van der Waals surface area (Å²) >= 11 is 0. The zero-order chi connectivity index (χ0) is 24.0. The molecule has 5 heteroatoms. The third kappa shape index (κ3) is 12.5. The number of unbranched alkanes of at least 4 members (excludes halogenated alkanes) is 5. The number of hydrogen-bond donors (Lipinski definition) is 0. The zero-order valence-corrected chi connectivity index (χ0v) is 24.1. The van der Waals surface area contributed by atoms with Crippen LogP contribution in [0.15, 0.2) is 36.7 Å². The van der Waals surface area contributed by atoms with Gasteiger partial charge < -0.3 is 4.74 Å². The molecule has 0 atom stereocenters. The number of aromatic nitrogens is 2. The van der Waals surface area contributed by atoms with Crippen molar-refractivity contribution in [3.8, 4) is 17.1 Å². The Hall–Kier alpha value is -1.47. The van der Waals surface area contributed by atoms with E-state index in [4.69, 9.17) is 4.74 Å². The van der Waals surface area contributed by atoms with E-state index in [1.54, 1.807) is 5.67 Å². The van der Waals surface area contributed by atoms with Gasteiger partial charge >= 0.3 is 0 Å². The lowest BCUT2D eigenvalue weighted by atomic mass is 10.1. The fourth-order valence-corrected chi connectivity index (χ4v) is 17.8. The molecule has 3 nitrogen and oxygen atoms in total. The van der Waals surface area contributed by atoms with Gasteiger partial charge in [-0.15, -0.1) is 0 Å². The molecule has 0 amide bonds. The van der Waals surface area contributed by atoms with Gasteiger partial charge in [-0.05, 0) is 43.2 Å². The van der Waals surface area contributed by atoms with Gasteiger partial charge in [-0.3, -0.25) is 0 Å². The lowest BCUT2D eigenvalue weighted by Gasteiger charge is -2.29. The molecule has 2 aromatic rings. The number of benzene rings is 1. The van der Waals surface area contributed by atoms with E-state index >= 15 is 0 Å². The van der Waals surface area contributed by atoms with Crippen molar-refractivity contribution < 1.29 is 4.74 Å². The average Bonchev–Trinajstić information content (AvgIpc) is 2.73. The Morgan fingerprint density at radius 2 is 1.28 bits per heavy atom. The number of rotatable bonds is 13. The van der Waals surface area contributed by atoms with E-state index in [0.717, 1.165) is 35.7 Å². The normalized spacial score (nSPS) is 11.6. The summed E-state index contributed by atoms with van der Waals surface area (Å²) in [6.45, 7) is 19.6. The fourth-order valence-electron chi connectivity index (χ4n) is 4.37. The minimum absolute atomic E-state index is 0.763. The van der Waals surface area contributed by atoms with Crippen LogP contribution in [-0.4, -0.2) is 32.7 Å². The summed E-state index contributed by atoms with van der Waals surface area (Å²) in [4.78, 5) is 8.75. The van der Waals surface area contributed by atoms with Crippen molar-refractivity contribution in [3.63, 3.8) is 0 Å². The van der Waals surface area contributed by atoms with Crippen LogP contribution in [0.4, 0.5) is 0 Å². The second-order valence-corrected chi connectivity index (χ2v) is 22.1. The predicted octanol–water partition coefficient (Wildman–Crippen LogP) is 8.78. The molecule has 32 heavy (non-hydrogen) atoms. The van der Waals surface area contributed by atoms with Crippen molar-refractivity contribution in [2.75, 3.05) is 6.61 Å². The van der Waals surface area contributed by atoms with Crippen LogP contribution < -0.4 is 4.74 Å². The smallest absolute Gasteiger partial charge is 0.159 e. The largest absolute Gasteiger partial charge is 0.494 e. The van der Waals surface area contributed by atoms with Gasteiger partial charge in [0.25, 0.3) is 0 Å². The first-order chi connectivity index (χ1) is 15.1. The van der Waals surface area contributed by atoms with E-state index in [0.29, 0.717) is 0 Å². The summed E-state index contributed by atoms with van der Waals surface area (Å²) < 4.78 is 5.90. The van der Waals surface area contributed by atoms with Crippen molar-refractivity contribution >= 4 is 16.1 Å². The van der Waals surface area contributed by atoms with Crippen LogP contribution in [0.1, 0.15) is 57.9 Å². The standard InChI is InChI=1S/C25H42N2OSi2.C2H6/c1-22-19-26-25(27-20-22)23-13-15-24(16-14-23)28-17-11-9-7-8-10-12-18-30(5,6)21-29(2,3)4;1-2/h13-16,19-20H,7-12,17-18,21H2,1-6H3;1-2H3. The second kappa shape index (κ2) is 14.6. The molecule has 0 radical (unpaired) electrons. The third-order valence-electron chi connectivity index (χ3n) is 5.42. The second-order valence-electron chi connectivity index (χ2n) is 10.7. The highest BCUT2D eigenvalue weighted by atomic mass is 28.4. The first kappa shape index (κ1) is 28.6. The monoisotopic (exact) mass is 472 g/mol. The molecule has 0 saturated carbocycles. The van der Waals surface area contributed by atoms with Gasteiger partial charge in [0.2, 0.25) is 0 Å². The van der Waals surface area contributed by atoms with E-state index in [-0.39, 0.29) is 0 Å². The molecular weight excluding hydrogens is 424 g/mol. The SMILES string of the molecule is CC.Cc1cnc(-c2ccc(OCCCCCCCC[Si](C)(C)C[Si](C)(C)C)cc2)nc1. The Morgan fingerprint density at radius 1 is 0.750 bits per heavy atom. The molecule has 1 heterocycles. The van der Waals surface area contributed by atoms with Crippen molar-refractivity contribution in [1.82, 2.24) is 9.97 Å². The maximum Gasteiger partial charge on any atom is 0.159 e. The highest BCUT2D eigenvalue weighted by Gasteiger charge is 2.27. The molecule has 0 N–H and O–H groups in total. The van der Waals surface area contributed by atoms with Gasteiger partial charge in [-0.2, -0.15) is 0 Å². The van der Waals surface area contributed by atoms with Crippen LogP contribution in [0.3, 0.4) is 0 Å². The molecule has 0 aliphatic heterocycles. The predicted molar refractivity (Wildman–Crippen MR) is 147 cm³/mol. The summed E-state index contributed by atoms with van der Waals surface area (Å²) in [6.07, 6.45) is 11.7. The molecule has 0 saturated heterocycles. The van der Waals surface area contributed by atoms with E-state index < -0.39 is 16.1 Å². The Morgan fingerprint density at radius 3 is 1.84 bits per heavy atom. The van der Waals surface area contributed by atoms with E-state index in [9.17, 15) is 0 Å². The van der Waals surface area contributed by atoms with E-state index in [1.165, 1.54) is 38.1 Å². The Labute approximate surface area is 200 Å². The first-order valence-corrected chi connectivity index (χ1v) is 19.8. The number of ether oxygens (including phenoxy) is 1. The fraction of sp³-hybridized carbons (Fsp3) is 0.630. The zero-order valence-electron chi connectivity index (χ0n) is 22.1. The lowest BCUT2D eigenvalue weighted by molar-refractivity contribution is 0.304. The Kier molecular flexibility index (Phi) is 13.1. The third-order valence-corrected chi connectivity index (χ3v) is 15.2. The van der Waals surface area contributed by atoms with Gasteiger partial charge in [0, 0.05) is 34.1 Å². The minimum Gasteiger partial charge on any atom is -0.494 e. The van der Waals surface area contributed by atoms with Crippen LogP contribution in [0.5, 0.6) is 5.75 Å². The summed E-state index contributed by atoms with van der Waals surface area (Å²) in [5.74, 6) is 1.69. The minimum atomic E-state index is -0.952. The number of nitrogens with zero attached hydrogens (tertiary/aromatic N) is 2. The molecule has 0 spiro atoms. The van der Waals surface area contributed by atoms with Crippen LogP contribution >= 0.6 is 0 Å². The molecule has 1 aromatic carbocycles. The summed E-state index contributed by atoms with van der Waals surface area (Å²) in [5, 5.41) is 0. The average molecular weight is 473 g/mol. The van der Waals surface area contributed by atoms with Crippen LogP contribution in [0.25, 0.3) is 11.4 Å². The molecule has 0 fully saturated rings. The van der Waals surface area contributed by atoms with Crippen molar-refractivity contribution in [3.05, 3.63) is 42.2 Å². The highest BCUT2D eigenvalue weighted by Crippen LogP contribution is 2.25. The quantitative estimate of drug-likeness (QED) is 0.216. The highest BCUT2D eigenvalue weighted by molar-refractivity contribution is 6.94. The Bertz CT molecular complexity index is 738. The maximum atomic E-state index is 5.90. The van der Waals surface area contributed by atoms with E-state index in [1.807, 2.05) is 57.4 Å². The molecule has 180 valence electrons. The van der Waals surface area contributed by atoms with Gasteiger partial charge in [0.05, 0.1) is 6.61 Å². The summed E-state index contributed by atoms with van der Waals surface area (Å²) in [5.41, 5.74) is 3.68. The van der Waals surface area contributed by atoms with Crippen molar-refractivity contribution in [1.29, 1.82) is 0 Å². The van der Waals surface area contributed by atoms with Crippen molar-refractivity contribution in [2.24, 2.45) is 0 Å². The Balaban J connectivity index is 0.00000249. The molecule has 0 aliphatic carbocycles. The van der Waals surface area contributed by atoms with Gasteiger partial charge in [-0.25, -0.2) is 9.97 Å². The number of hydrogen-bond acceptors (Lipinski definition) is 3. The van der Waals surface area contributed by atoms with Crippen LogP contribution in [0.2, 0.25) is 44.4 Å². The van der Waals surface area contributed by atoms with Crippen LogP contribution in [-0.2, 0) is 0 Å². The topological polar surface area (TPSA) is 35.0 Å². The molecular formula is C27H48N2OSi2. The summed E-state index contributed by atoms with van der Waals surface area (Å²) in [6, 6.07) is 9.62. The molecule has 0 aliphatic rings. The van der Waals surface area contributed by atoms with Crippen molar-refractivity contribution in [2.45, 2.75) is 104 Å². The molecule has 2 rings (SSSR count). The summed E-state index contributed by atoms with van der Waals surface area (Å²) in [7, 11) is -1.84. The maximum absolute atomic E-state index is 5.90. The van der Waals surface area contributed by atoms with E-state index in [2.05, 4.69) is 42.7 Å². The molecule has 1 aromatic heterocycles. The molecule has 0 unspecified atom stereocenters. The number of aryl methyl sites for hydroxylation is 1. The molecule has 0 bridgehead atoms. The van der Waals surface area contributed by atoms with Gasteiger partial charge in [0.15, 0.2) is 5.82 Å². The van der Waals surface area contributed by atoms with Gasteiger partial charge in [-0.1, -0.05) is 90.4 Å². The first-order valence-electron chi connectivity index (χ1n) is 12.7. The van der Waals surface area contributed by atoms with Crippen LogP contribution in [0, 0.1) is 6.92 Å². The van der Waals surface area contributed by atoms with Gasteiger partial charge in [0.1, 0.15) is 5.75 Å². The lowest BCUT2D eigenvalue weighted by Crippen LogP contribution is -2.37.